The second-order valence-corrected chi connectivity index (χ2v) is 6.55. The van der Waals surface area contributed by atoms with Gasteiger partial charge in [0, 0.05) is 18.8 Å². The van der Waals surface area contributed by atoms with Crippen molar-refractivity contribution in [2.24, 2.45) is 10.9 Å². The van der Waals surface area contributed by atoms with Crippen molar-refractivity contribution in [3.05, 3.63) is 0 Å². The highest BCUT2D eigenvalue weighted by atomic mass is 32.2. The van der Waals surface area contributed by atoms with Gasteiger partial charge in [0.1, 0.15) is 6.04 Å². The molecule has 2 unspecified atom stereocenters. The maximum Gasteiger partial charge on any atom is 0.244 e. The van der Waals surface area contributed by atoms with Crippen LogP contribution in [0.4, 0.5) is 0 Å². The van der Waals surface area contributed by atoms with Crippen LogP contribution >= 0.6 is 11.8 Å². The zero-order valence-corrected chi connectivity index (χ0v) is 11.6. The van der Waals surface area contributed by atoms with E-state index in [1.54, 1.807) is 16.7 Å². The van der Waals surface area contributed by atoms with Gasteiger partial charge in [-0.3, -0.25) is 9.79 Å². The van der Waals surface area contributed by atoms with Crippen LogP contribution in [0.15, 0.2) is 4.99 Å². The number of hydrogen-bond donors (Lipinski definition) is 1. The fourth-order valence-electron chi connectivity index (χ4n) is 2.25. The van der Waals surface area contributed by atoms with Crippen molar-refractivity contribution in [3.8, 4) is 0 Å². The van der Waals surface area contributed by atoms with Crippen LogP contribution in [-0.2, 0) is 4.79 Å². The van der Waals surface area contributed by atoms with Crippen molar-refractivity contribution in [2.45, 2.75) is 38.0 Å². The lowest BCUT2D eigenvalue weighted by atomic mass is 10.1. The van der Waals surface area contributed by atoms with Gasteiger partial charge in [0.25, 0.3) is 0 Å². The van der Waals surface area contributed by atoms with Crippen LogP contribution in [0.25, 0.3) is 0 Å². The molecule has 0 bridgehead atoms. The SMILES string of the molecule is CC(C)CC1CN=C(NC2CCN(C)C2=O)S1. The number of amides is 1. The molecule has 2 heterocycles. The molecule has 2 atom stereocenters. The Bertz CT molecular complexity index is 330. The molecule has 2 aliphatic heterocycles. The van der Waals surface area contributed by atoms with Gasteiger partial charge < -0.3 is 10.2 Å². The van der Waals surface area contributed by atoms with Gasteiger partial charge in [-0.2, -0.15) is 0 Å². The summed E-state index contributed by atoms with van der Waals surface area (Å²) in [5, 5.41) is 4.83. The Kier molecular flexibility index (Phi) is 3.97. The van der Waals surface area contributed by atoms with E-state index < -0.39 is 0 Å². The molecule has 2 aliphatic rings. The van der Waals surface area contributed by atoms with Crippen LogP contribution in [0.1, 0.15) is 26.7 Å². The summed E-state index contributed by atoms with van der Waals surface area (Å²) in [5.74, 6) is 0.905. The summed E-state index contributed by atoms with van der Waals surface area (Å²) in [6, 6.07) is -0.0518. The molecule has 0 spiro atoms. The molecule has 2 rings (SSSR count). The van der Waals surface area contributed by atoms with Gasteiger partial charge in [0.15, 0.2) is 5.17 Å². The second-order valence-electron chi connectivity index (χ2n) is 5.26. The number of hydrogen-bond acceptors (Lipinski definition) is 4. The zero-order valence-electron chi connectivity index (χ0n) is 10.8. The van der Waals surface area contributed by atoms with Crippen LogP contribution in [0, 0.1) is 5.92 Å². The van der Waals surface area contributed by atoms with Gasteiger partial charge in [-0.25, -0.2) is 0 Å². The Hall–Kier alpha value is -0.710. The summed E-state index contributed by atoms with van der Waals surface area (Å²) in [6.07, 6.45) is 2.08. The molecule has 1 N–H and O–H groups in total. The average Bonchev–Trinajstić information content (AvgIpc) is 2.80. The van der Waals surface area contributed by atoms with Crippen LogP contribution in [0.2, 0.25) is 0 Å². The molecular weight excluding hydrogens is 234 g/mol. The molecule has 0 aliphatic carbocycles. The molecule has 0 aromatic carbocycles. The molecule has 5 heteroatoms. The van der Waals surface area contributed by atoms with Crippen LogP contribution in [-0.4, -0.2) is 47.4 Å². The highest BCUT2D eigenvalue weighted by Gasteiger charge is 2.31. The number of likely N-dealkylation sites (tertiary alicyclic amines) is 1. The Balaban J connectivity index is 1.80. The van der Waals surface area contributed by atoms with E-state index in [0.29, 0.717) is 11.2 Å². The molecule has 4 nitrogen and oxygen atoms in total. The molecule has 1 saturated heterocycles. The van der Waals surface area contributed by atoms with E-state index in [4.69, 9.17) is 0 Å². The number of amidine groups is 1. The number of carbonyl (C=O) groups excluding carboxylic acids is 1. The summed E-state index contributed by atoms with van der Waals surface area (Å²) < 4.78 is 0. The normalized spacial score (nSPS) is 29.1. The number of nitrogens with one attached hydrogen (secondary N) is 1. The van der Waals surface area contributed by atoms with E-state index in [1.807, 2.05) is 7.05 Å². The monoisotopic (exact) mass is 255 g/mol. The summed E-state index contributed by atoms with van der Waals surface area (Å²) in [7, 11) is 1.86. The van der Waals surface area contributed by atoms with E-state index in [-0.39, 0.29) is 11.9 Å². The lowest BCUT2D eigenvalue weighted by molar-refractivity contribution is -0.127. The third kappa shape index (κ3) is 3.15. The Morgan fingerprint density at radius 2 is 2.35 bits per heavy atom. The summed E-state index contributed by atoms with van der Waals surface area (Å²) >= 11 is 1.80. The minimum atomic E-state index is -0.0518. The molecule has 17 heavy (non-hydrogen) atoms. The third-order valence-electron chi connectivity index (χ3n) is 3.18. The Morgan fingerprint density at radius 1 is 1.59 bits per heavy atom. The van der Waals surface area contributed by atoms with E-state index >= 15 is 0 Å². The van der Waals surface area contributed by atoms with Crippen molar-refractivity contribution in [1.29, 1.82) is 0 Å². The lowest BCUT2D eigenvalue weighted by Crippen LogP contribution is -2.39. The molecule has 0 saturated carbocycles. The molecular formula is C12H21N3OS. The molecule has 0 radical (unpaired) electrons. The van der Waals surface area contributed by atoms with Crippen molar-refractivity contribution in [1.82, 2.24) is 10.2 Å². The zero-order chi connectivity index (χ0) is 12.4. The van der Waals surface area contributed by atoms with Crippen molar-refractivity contribution in [3.63, 3.8) is 0 Å². The molecule has 1 amide bonds. The van der Waals surface area contributed by atoms with Gasteiger partial charge in [0.2, 0.25) is 5.91 Å². The minimum Gasteiger partial charge on any atom is -0.353 e. The Labute approximate surface area is 107 Å². The topological polar surface area (TPSA) is 44.7 Å². The molecule has 96 valence electrons. The number of likely N-dealkylation sites (N-methyl/N-ethyl adjacent to an activating group) is 1. The fourth-order valence-corrected chi connectivity index (χ4v) is 3.56. The highest BCUT2D eigenvalue weighted by Crippen LogP contribution is 2.26. The van der Waals surface area contributed by atoms with E-state index in [0.717, 1.165) is 24.7 Å². The van der Waals surface area contributed by atoms with Gasteiger partial charge in [0.05, 0.1) is 6.54 Å². The first-order chi connectivity index (χ1) is 8.06. The van der Waals surface area contributed by atoms with E-state index in [1.165, 1.54) is 6.42 Å². The average molecular weight is 255 g/mol. The van der Waals surface area contributed by atoms with Crippen LogP contribution in [0.3, 0.4) is 0 Å². The summed E-state index contributed by atoms with van der Waals surface area (Å²) in [5.41, 5.74) is 0. The van der Waals surface area contributed by atoms with Crippen LogP contribution < -0.4 is 5.32 Å². The molecule has 0 aromatic heterocycles. The first-order valence-electron chi connectivity index (χ1n) is 6.29. The standard InChI is InChI=1S/C12H21N3OS/c1-8(2)6-9-7-13-12(17-9)14-10-4-5-15(3)11(10)16/h8-10H,4-7H2,1-3H3,(H,13,14). The maximum atomic E-state index is 11.8. The van der Waals surface area contributed by atoms with Crippen molar-refractivity contribution < 1.29 is 4.79 Å². The summed E-state index contributed by atoms with van der Waals surface area (Å²) in [4.78, 5) is 18.0. The van der Waals surface area contributed by atoms with Gasteiger partial charge >= 0.3 is 0 Å². The fraction of sp³-hybridized carbons (Fsp3) is 0.833. The maximum absolute atomic E-state index is 11.8. The number of thioether (sulfide) groups is 1. The molecule has 0 aromatic rings. The smallest absolute Gasteiger partial charge is 0.244 e. The van der Waals surface area contributed by atoms with Crippen molar-refractivity contribution in [2.75, 3.05) is 20.1 Å². The largest absolute Gasteiger partial charge is 0.353 e. The van der Waals surface area contributed by atoms with E-state index in [2.05, 4.69) is 24.2 Å². The number of rotatable bonds is 3. The minimum absolute atomic E-state index is 0.0518. The first-order valence-corrected chi connectivity index (χ1v) is 7.17. The number of nitrogens with zero attached hydrogens (tertiary/aromatic N) is 2. The number of carbonyl (C=O) groups is 1. The van der Waals surface area contributed by atoms with Gasteiger partial charge in [-0.1, -0.05) is 25.6 Å². The second kappa shape index (κ2) is 5.29. The highest BCUT2D eigenvalue weighted by molar-refractivity contribution is 8.14. The predicted octanol–water partition coefficient (Wildman–Crippen LogP) is 1.32. The molecule has 1 fully saturated rings. The predicted molar refractivity (Wildman–Crippen MR) is 72.3 cm³/mol. The first kappa shape index (κ1) is 12.7. The van der Waals surface area contributed by atoms with Gasteiger partial charge in [-0.05, 0) is 18.8 Å². The number of aliphatic imine (C=N–C) groups is 1. The summed E-state index contributed by atoms with van der Waals surface area (Å²) in [6.45, 7) is 6.22. The van der Waals surface area contributed by atoms with Crippen LogP contribution in [0.5, 0.6) is 0 Å². The van der Waals surface area contributed by atoms with E-state index in [9.17, 15) is 4.79 Å². The lowest BCUT2D eigenvalue weighted by Gasteiger charge is -2.14. The Morgan fingerprint density at radius 3 is 2.94 bits per heavy atom. The van der Waals surface area contributed by atoms with Gasteiger partial charge in [-0.15, -0.1) is 0 Å². The third-order valence-corrected chi connectivity index (χ3v) is 4.32. The van der Waals surface area contributed by atoms with Crippen molar-refractivity contribution >= 4 is 22.8 Å². The quantitative estimate of drug-likeness (QED) is 0.827.